The van der Waals surface area contributed by atoms with Crippen molar-refractivity contribution < 1.29 is 19.4 Å². The third kappa shape index (κ3) is 3.80. The summed E-state index contributed by atoms with van der Waals surface area (Å²) in [6.07, 6.45) is 2.29. The van der Waals surface area contributed by atoms with Gasteiger partial charge in [-0.05, 0) is 37.0 Å². The molecule has 1 aromatic carbocycles. The van der Waals surface area contributed by atoms with E-state index >= 15 is 0 Å². The van der Waals surface area contributed by atoms with Crippen molar-refractivity contribution in [3.63, 3.8) is 0 Å². The van der Waals surface area contributed by atoms with E-state index in [0.717, 1.165) is 12.8 Å². The van der Waals surface area contributed by atoms with Crippen molar-refractivity contribution >= 4 is 11.0 Å². The fourth-order valence-corrected chi connectivity index (χ4v) is 2.36. The van der Waals surface area contributed by atoms with E-state index in [1.807, 2.05) is 0 Å². The van der Waals surface area contributed by atoms with Crippen molar-refractivity contribution in [3.8, 4) is 11.5 Å². The minimum absolute atomic E-state index is 0.0375. The van der Waals surface area contributed by atoms with Gasteiger partial charge in [-0.25, -0.2) is 4.79 Å². The van der Waals surface area contributed by atoms with Gasteiger partial charge in [0.1, 0.15) is 23.7 Å². The Hall–Kier alpha value is -2.01. The summed E-state index contributed by atoms with van der Waals surface area (Å²) in [5.74, 6) is 1.02. The van der Waals surface area contributed by atoms with Crippen LogP contribution in [0.2, 0.25) is 0 Å². The Kier molecular flexibility index (Phi) is 5.44. The third-order valence-corrected chi connectivity index (χ3v) is 3.51. The van der Waals surface area contributed by atoms with Crippen LogP contribution in [0, 0.1) is 5.92 Å². The highest BCUT2D eigenvalue weighted by Crippen LogP contribution is 2.30. The summed E-state index contributed by atoms with van der Waals surface area (Å²) in [4.78, 5) is 12.0. The first kappa shape index (κ1) is 16.4. The molecule has 0 amide bonds. The summed E-state index contributed by atoms with van der Waals surface area (Å²) >= 11 is 0. The number of rotatable bonds is 7. The molecule has 5 nitrogen and oxygen atoms in total. The van der Waals surface area contributed by atoms with Crippen LogP contribution < -0.4 is 10.4 Å². The predicted octanol–water partition coefficient (Wildman–Crippen LogP) is 2.85. The molecule has 120 valence electrons. The molecule has 0 atom stereocenters. The number of aliphatic hydroxyl groups is 1. The van der Waals surface area contributed by atoms with Gasteiger partial charge in [-0.1, -0.05) is 20.3 Å². The summed E-state index contributed by atoms with van der Waals surface area (Å²) in [5.41, 5.74) is 0.150. The van der Waals surface area contributed by atoms with Gasteiger partial charge in [-0.2, -0.15) is 0 Å². The molecule has 2 rings (SSSR count). The number of aliphatic hydroxyl groups excluding tert-OH is 1. The maximum atomic E-state index is 12.0. The monoisotopic (exact) mass is 306 g/mol. The Labute approximate surface area is 129 Å². The lowest BCUT2D eigenvalue weighted by Crippen LogP contribution is -2.08. The molecule has 0 fully saturated rings. The highest BCUT2D eigenvalue weighted by molar-refractivity contribution is 5.85. The molecular formula is C17H22O5. The highest BCUT2D eigenvalue weighted by Gasteiger charge is 2.14. The van der Waals surface area contributed by atoms with Gasteiger partial charge in [0, 0.05) is 0 Å². The highest BCUT2D eigenvalue weighted by atomic mass is 16.5. The molecule has 0 unspecified atom stereocenters. The van der Waals surface area contributed by atoms with E-state index in [9.17, 15) is 9.90 Å². The smallest absolute Gasteiger partial charge is 0.343 e. The second kappa shape index (κ2) is 7.31. The largest absolute Gasteiger partial charge is 0.507 e. The maximum Gasteiger partial charge on any atom is 0.343 e. The summed E-state index contributed by atoms with van der Waals surface area (Å²) in [5, 5.41) is 19.6. The standard InChI is InChI=1S/C17H22O5/c1-11(2)4-3-5-13-16(19)14-10-12(21-9-8-18)6-7-15(14)22-17(13)20/h6-7,10-11,18-19H,3-5,8-9H2,1-2H3. The molecule has 22 heavy (non-hydrogen) atoms. The quantitative estimate of drug-likeness (QED) is 0.769. The van der Waals surface area contributed by atoms with E-state index in [1.165, 1.54) is 0 Å². The summed E-state index contributed by atoms with van der Waals surface area (Å²) in [6.45, 7) is 4.32. The van der Waals surface area contributed by atoms with E-state index in [0.29, 0.717) is 34.6 Å². The number of ether oxygens (including phenoxy) is 1. The Bertz CT molecular complexity index is 687. The molecule has 1 aromatic heterocycles. The number of benzene rings is 1. The van der Waals surface area contributed by atoms with Crippen LogP contribution in [-0.4, -0.2) is 23.4 Å². The molecular weight excluding hydrogens is 284 g/mol. The lowest BCUT2D eigenvalue weighted by molar-refractivity contribution is 0.201. The van der Waals surface area contributed by atoms with Crippen molar-refractivity contribution in [2.75, 3.05) is 13.2 Å². The van der Waals surface area contributed by atoms with Crippen LogP contribution in [0.1, 0.15) is 32.3 Å². The fourth-order valence-electron chi connectivity index (χ4n) is 2.36. The molecule has 0 saturated carbocycles. The van der Waals surface area contributed by atoms with Crippen LogP contribution in [0.4, 0.5) is 0 Å². The van der Waals surface area contributed by atoms with Gasteiger partial charge in [0.15, 0.2) is 0 Å². The first-order valence-corrected chi connectivity index (χ1v) is 7.55. The molecule has 5 heteroatoms. The van der Waals surface area contributed by atoms with Crippen molar-refractivity contribution in [2.24, 2.45) is 5.92 Å². The van der Waals surface area contributed by atoms with Gasteiger partial charge in [0.25, 0.3) is 0 Å². The number of hydrogen-bond acceptors (Lipinski definition) is 5. The van der Waals surface area contributed by atoms with Crippen molar-refractivity contribution in [2.45, 2.75) is 33.1 Å². The zero-order valence-electron chi connectivity index (χ0n) is 13.0. The fraction of sp³-hybridized carbons (Fsp3) is 0.471. The molecule has 0 spiro atoms. The van der Waals surface area contributed by atoms with E-state index in [1.54, 1.807) is 18.2 Å². The van der Waals surface area contributed by atoms with Gasteiger partial charge in [-0.3, -0.25) is 0 Å². The maximum absolute atomic E-state index is 12.0. The van der Waals surface area contributed by atoms with Gasteiger partial charge in [0.2, 0.25) is 0 Å². The first-order valence-electron chi connectivity index (χ1n) is 7.55. The average Bonchev–Trinajstić information content (AvgIpc) is 2.48. The Morgan fingerprint density at radius 1 is 1.32 bits per heavy atom. The minimum atomic E-state index is -0.488. The lowest BCUT2D eigenvalue weighted by atomic mass is 10.0. The number of hydrogen-bond donors (Lipinski definition) is 2. The molecule has 0 aliphatic carbocycles. The summed E-state index contributed by atoms with van der Waals surface area (Å²) in [6, 6.07) is 4.84. The van der Waals surface area contributed by atoms with E-state index in [2.05, 4.69) is 13.8 Å². The Morgan fingerprint density at radius 3 is 2.77 bits per heavy atom. The first-order chi connectivity index (χ1) is 10.5. The molecule has 0 radical (unpaired) electrons. The van der Waals surface area contributed by atoms with Gasteiger partial charge in [-0.15, -0.1) is 0 Å². The van der Waals surface area contributed by atoms with E-state index in [4.69, 9.17) is 14.3 Å². The average molecular weight is 306 g/mol. The molecule has 2 aromatic rings. The van der Waals surface area contributed by atoms with Crippen LogP contribution in [-0.2, 0) is 6.42 Å². The van der Waals surface area contributed by atoms with Crippen LogP contribution in [0.5, 0.6) is 11.5 Å². The van der Waals surface area contributed by atoms with Gasteiger partial charge < -0.3 is 19.4 Å². The summed E-state index contributed by atoms with van der Waals surface area (Å²) < 4.78 is 10.6. The van der Waals surface area contributed by atoms with Gasteiger partial charge >= 0.3 is 5.63 Å². The SMILES string of the molecule is CC(C)CCCc1c(O)c2cc(OCCO)ccc2oc1=O. The van der Waals surface area contributed by atoms with Crippen LogP contribution in [0.25, 0.3) is 11.0 Å². The normalized spacial score (nSPS) is 11.3. The van der Waals surface area contributed by atoms with E-state index < -0.39 is 5.63 Å². The summed E-state index contributed by atoms with van der Waals surface area (Å²) in [7, 11) is 0. The van der Waals surface area contributed by atoms with Crippen LogP contribution >= 0.6 is 0 Å². The van der Waals surface area contributed by atoms with Crippen molar-refractivity contribution in [3.05, 3.63) is 34.2 Å². The topological polar surface area (TPSA) is 79.9 Å². The van der Waals surface area contributed by atoms with Crippen molar-refractivity contribution in [1.82, 2.24) is 0 Å². The van der Waals surface area contributed by atoms with Crippen molar-refractivity contribution in [1.29, 1.82) is 0 Å². The Balaban J connectivity index is 2.34. The zero-order valence-corrected chi connectivity index (χ0v) is 13.0. The molecule has 0 saturated heterocycles. The van der Waals surface area contributed by atoms with Crippen LogP contribution in [0.3, 0.4) is 0 Å². The van der Waals surface area contributed by atoms with Gasteiger partial charge in [0.05, 0.1) is 17.6 Å². The minimum Gasteiger partial charge on any atom is -0.507 e. The Morgan fingerprint density at radius 2 is 2.09 bits per heavy atom. The number of fused-ring (bicyclic) bond motifs is 1. The van der Waals surface area contributed by atoms with Crippen LogP contribution in [0.15, 0.2) is 27.4 Å². The molecule has 1 heterocycles. The second-order valence-electron chi connectivity index (χ2n) is 5.73. The molecule has 0 bridgehead atoms. The molecule has 0 aliphatic heterocycles. The third-order valence-electron chi connectivity index (χ3n) is 3.51. The zero-order chi connectivity index (χ0) is 16.1. The molecule has 0 aliphatic rings. The molecule has 2 N–H and O–H groups in total. The lowest BCUT2D eigenvalue weighted by Gasteiger charge is -2.09. The predicted molar refractivity (Wildman–Crippen MR) is 84.5 cm³/mol. The number of aromatic hydroxyl groups is 1. The second-order valence-corrected chi connectivity index (χ2v) is 5.73. The van der Waals surface area contributed by atoms with E-state index in [-0.39, 0.29) is 19.0 Å².